The van der Waals surface area contributed by atoms with E-state index in [0.29, 0.717) is 12.5 Å². The molecule has 3 nitrogen and oxygen atoms in total. The van der Waals surface area contributed by atoms with Gasteiger partial charge in [-0.2, -0.15) is 0 Å². The zero-order chi connectivity index (χ0) is 13.5. The van der Waals surface area contributed by atoms with Crippen molar-refractivity contribution in [2.24, 2.45) is 11.1 Å². The summed E-state index contributed by atoms with van der Waals surface area (Å²) in [4.78, 5) is 14.6. The number of rotatable bonds is 3. The Morgan fingerprint density at radius 3 is 2.50 bits per heavy atom. The number of amides is 1. The minimum Gasteiger partial charge on any atom is -0.340 e. The van der Waals surface area contributed by atoms with Crippen molar-refractivity contribution in [1.82, 2.24) is 4.90 Å². The summed E-state index contributed by atoms with van der Waals surface area (Å²) in [5, 5.41) is 0. The summed E-state index contributed by atoms with van der Waals surface area (Å²) < 4.78 is 0. The molecule has 110 valence electrons. The molecular weight excluding hydrogens is 272 g/mol. The van der Waals surface area contributed by atoms with Gasteiger partial charge >= 0.3 is 0 Å². The molecular formula is C16H23ClN2O. The summed E-state index contributed by atoms with van der Waals surface area (Å²) in [5.74, 6) is 0.627. The summed E-state index contributed by atoms with van der Waals surface area (Å²) in [7, 11) is 0. The van der Waals surface area contributed by atoms with E-state index >= 15 is 0 Å². The van der Waals surface area contributed by atoms with Crippen LogP contribution in [0.1, 0.15) is 37.7 Å². The van der Waals surface area contributed by atoms with Crippen LogP contribution in [0.25, 0.3) is 0 Å². The summed E-state index contributed by atoms with van der Waals surface area (Å²) >= 11 is 0. The van der Waals surface area contributed by atoms with Gasteiger partial charge in [-0.3, -0.25) is 4.79 Å². The summed E-state index contributed by atoms with van der Waals surface area (Å²) in [6, 6.07) is 10.4. The highest BCUT2D eigenvalue weighted by molar-refractivity contribution is 5.86. The molecule has 1 saturated heterocycles. The third kappa shape index (κ3) is 2.57. The molecule has 1 aromatic rings. The topological polar surface area (TPSA) is 46.3 Å². The molecule has 2 fully saturated rings. The van der Waals surface area contributed by atoms with Gasteiger partial charge in [-0.1, -0.05) is 37.3 Å². The molecule has 3 rings (SSSR count). The maximum Gasteiger partial charge on any atom is 0.228 e. The zero-order valence-corrected chi connectivity index (χ0v) is 12.7. The van der Waals surface area contributed by atoms with Gasteiger partial charge in [0.05, 0.1) is 0 Å². The summed E-state index contributed by atoms with van der Waals surface area (Å²) in [6.45, 7) is 3.61. The number of nitrogens with zero attached hydrogens (tertiary/aromatic N) is 1. The number of benzene rings is 1. The van der Waals surface area contributed by atoms with Gasteiger partial charge in [-0.15, -0.1) is 12.4 Å². The smallest absolute Gasteiger partial charge is 0.228 e. The Balaban J connectivity index is 0.00000147. The van der Waals surface area contributed by atoms with E-state index in [2.05, 4.69) is 19.1 Å². The van der Waals surface area contributed by atoms with Crippen LogP contribution in [0.3, 0.4) is 0 Å². The van der Waals surface area contributed by atoms with E-state index in [9.17, 15) is 4.79 Å². The van der Waals surface area contributed by atoms with Crippen molar-refractivity contribution >= 4 is 18.3 Å². The Kier molecular flexibility index (Phi) is 4.40. The van der Waals surface area contributed by atoms with Crippen LogP contribution >= 0.6 is 12.4 Å². The van der Waals surface area contributed by atoms with Gasteiger partial charge in [0.25, 0.3) is 0 Å². The maximum absolute atomic E-state index is 12.6. The van der Waals surface area contributed by atoms with Crippen LogP contribution in [0, 0.1) is 5.41 Å². The van der Waals surface area contributed by atoms with Crippen LogP contribution in [0.4, 0.5) is 0 Å². The molecule has 1 heterocycles. The van der Waals surface area contributed by atoms with Gasteiger partial charge in [0.2, 0.25) is 5.91 Å². The van der Waals surface area contributed by atoms with Crippen LogP contribution in [0.15, 0.2) is 30.3 Å². The molecule has 0 bridgehead atoms. The lowest BCUT2D eigenvalue weighted by molar-refractivity contribution is -0.136. The first-order chi connectivity index (χ1) is 9.16. The van der Waals surface area contributed by atoms with Gasteiger partial charge in [0.1, 0.15) is 0 Å². The van der Waals surface area contributed by atoms with E-state index < -0.39 is 0 Å². The first kappa shape index (κ1) is 15.3. The molecule has 1 aliphatic carbocycles. The molecule has 0 spiro atoms. The molecule has 20 heavy (non-hydrogen) atoms. The molecule has 0 radical (unpaired) electrons. The average molecular weight is 295 g/mol. The second kappa shape index (κ2) is 5.74. The highest BCUT2D eigenvalue weighted by Gasteiger charge is 2.51. The molecule has 0 aromatic heterocycles. The van der Waals surface area contributed by atoms with Crippen LogP contribution in [-0.2, 0) is 4.79 Å². The average Bonchev–Trinajstić information content (AvgIpc) is 3.16. The zero-order valence-electron chi connectivity index (χ0n) is 11.9. The SMILES string of the molecule is CCC1(C(=O)N2C[C@@H](N)[C@H](c3ccccc3)C2)CC1.Cl. The van der Waals surface area contributed by atoms with Crippen molar-refractivity contribution in [2.45, 2.75) is 38.1 Å². The molecule has 2 aliphatic rings. The quantitative estimate of drug-likeness (QED) is 0.931. The Labute approximate surface area is 126 Å². The first-order valence-corrected chi connectivity index (χ1v) is 7.26. The van der Waals surface area contributed by atoms with Crippen molar-refractivity contribution in [3.8, 4) is 0 Å². The number of carbonyl (C=O) groups excluding carboxylic acids is 1. The Bertz CT molecular complexity index is 473. The van der Waals surface area contributed by atoms with Gasteiger partial charge < -0.3 is 10.6 Å². The molecule has 2 N–H and O–H groups in total. The number of hydrogen-bond acceptors (Lipinski definition) is 2. The molecule has 1 aromatic carbocycles. The van der Waals surface area contributed by atoms with E-state index in [1.54, 1.807) is 0 Å². The number of likely N-dealkylation sites (tertiary alicyclic amines) is 1. The third-order valence-electron chi connectivity index (χ3n) is 4.86. The number of nitrogens with two attached hydrogens (primary N) is 1. The molecule has 1 aliphatic heterocycles. The monoisotopic (exact) mass is 294 g/mol. The lowest BCUT2D eigenvalue weighted by Gasteiger charge is -2.22. The van der Waals surface area contributed by atoms with Gasteiger partial charge in [0.15, 0.2) is 0 Å². The fourth-order valence-electron chi connectivity index (χ4n) is 3.25. The second-order valence-corrected chi connectivity index (χ2v) is 6.03. The Morgan fingerprint density at radius 1 is 1.30 bits per heavy atom. The van der Waals surface area contributed by atoms with Crippen molar-refractivity contribution in [3.05, 3.63) is 35.9 Å². The molecule has 1 saturated carbocycles. The minimum absolute atomic E-state index is 0. The highest BCUT2D eigenvalue weighted by atomic mass is 35.5. The van der Waals surface area contributed by atoms with Gasteiger partial charge in [-0.05, 0) is 24.8 Å². The van der Waals surface area contributed by atoms with E-state index in [1.807, 2.05) is 23.1 Å². The molecule has 1 amide bonds. The number of hydrogen-bond donors (Lipinski definition) is 1. The molecule has 4 heteroatoms. The van der Waals surface area contributed by atoms with Crippen molar-refractivity contribution in [2.75, 3.05) is 13.1 Å². The van der Waals surface area contributed by atoms with E-state index in [4.69, 9.17) is 5.73 Å². The number of carbonyl (C=O) groups is 1. The minimum atomic E-state index is -0.0364. The second-order valence-electron chi connectivity index (χ2n) is 6.03. The van der Waals surface area contributed by atoms with Crippen LogP contribution < -0.4 is 5.73 Å². The van der Waals surface area contributed by atoms with Gasteiger partial charge in [0, 0.05) is 30.5 Å². The van der Waals surface area contributed by atoms with Crippen molar-refractivity contribution in [3.63, 3.8) is 0 Å². The normalized spacial score (nSPS) is 27.0. The van der Waals surface area contributed by atoms with E-state index in [1.165, 1.54) is 5.56 Å². The lowest BCUT2D eigenvalue weighted by atomic mass is 9.95. The predicted octanol–water partition coefficient (Wildman–Crippen LogP) is 2.55. The van der Waals surface area contributed by atoms with Crippen LogP contribution in [0.5, 0.6) is 0 Å². The molecule has 0 unspecified atom stereocenters. The summed E-state index contributed by atoms with van der Waals surface area (Å²) in [5.41, 5.74) is 7.47. The van der Waals surface area contributed by atoms with Gasteiger partial charge in [-0.25, -0.2) is 0 Å². The van der Waals surface area contributed by atoms with Crippen molar-refractivity contribution in [1.29, 1.82) is 0 Å². The van der Waals surface area contributed by atoms with Crippen LogP contribution in [-0.4, -0.2) is 29.9 Å². The Morgan fingerprint density at radius 2 is 1.95 bits per heavy atom. The maximum atomic E-state index is 12.6. The largest absolute Gasteiger partial charge is 0.340 e. The van der Waals surface area contributed by atoms with Crippen molar-refractivity contribution < 1.29 is 4.79 Å². The predicted molar refractivity (Wildman–Crippen MR) is 82.9 cm³/mol. The van der Waals surface area contributed by atoms with Crippen LogP contribution in [0.2, 0.25) is 0 Å². The van der Waals surface area contributed by atoms with E-state index in [-0.39, 0.29) is 29.8 Å². The standard InChI is InChI=1S/C16H22N2O.ClH/c1-2-16(8-9-16)15(19)18-10-13(14(17)11-18)12-6-4-3-5-7-12;/h3-7,13-14H,2,8-11,17H2,1H3;1H/t13-,14+;/m0./s1. The number of halogens is 1. The first-order valence-electron chi connectivity index (χ1n) is 7.26. The lowest BCUT2D eigenvalue weighted by Crippen LogP contribution is -2.37. The Hall–Kier alpha value is -1.06. The molecule has 2 atom stereocenters. The highest BCUT2D eigenvalue weighted by Crippen LogP contribution is 2.50. The fraction of sp³-hybridized carbons (Fsp3) is 0.562. The third-order valence-corrected chi connectivity index (χ3v) is 4.86. The van der Waals surface area contributed by atoms with E-state index in [0.717, 1.165) is 25.8 Å². The summed E-state index contributed by atoms with van der Waals surface area (Å²) in [6.07, 6.45) is 3.09. The fourth-order valence-corrected chi connectivity index (χ4v) is 3.25.